The first-order chi connectivity index (χ1) is 4.00. The van der Waals surface area contributed by atoms with E-state index in [2.05, 4.69) is 0 Å². The van der Waals surface area contributed by atoms with Crippen molar-refractivity contribution < 1.29 is 134 Å². The van der Waals surface area contributed by atoms with Gasteiger partial charge in [-0.3, -0.25) is 0 Å². The van der Waals surface area contributed by atoms with Crippen molar-refractivity contribution in [2.45, 2.75) is 0 Å². The fraction of sp³-hybridized carbons (Fsp3) is 0. The molecule has 0 spiro atoms. The van der Waals surface area contributed by atoms with E-state index in [4.69, 9.17) is 38.5 Å². The molecule has 0 aliphatic carbocycles. The number of hydrogen-bond acceptors (Lipinski definition) is 8. The minimum Gasteiger partial charge on any atom is -0.822 e. The largest absolute Gasteiger partial charge is 2.00 e. The van der Waals surface area contributed by atoms with Crippen molar-refractivity contribution in [3.8, 4) is 0 Å². The number of hydrogen-bond donors (Lipinski definition) is 0. The fourth-order valence-corrected chi connectivity index (χ4v) is 0. The van der Waals surface area contributed by atoms with Crippen molar-refractivity contribution in [1.29, 1.82) is 0 Å². The van der Waals surface area contributed by atoms with Gasteiger partial charge in [-0.15, -0.1) is 0 Å². The van der Waals surface area contributed by atoms with Crippen molar-refractivity contribution in [2.75, 3.05) is 0 Å². The molecule has 21 heteroatoms. The minimum absolute atomic E-state index is 0. The van der Waals surface area contributed by atoms with Gasteiger partial charge in [-0.05, 0) is 0 Å². The molecule has 146 valence electrons. The van der Waals surface area contributed by atoms with Gasteiger partial charge >= 0.3 is 51.2 Å². The molecule has 16 N–H and O–H groups in total. The van der Waals surface area contributed by atoms with Crippen molar-refractivity contribution in [1.82, 2.24) is 0 Å². The van der Waals surface area contributed by atoms with Gasteiger partial charge in [-0.1, -0.05) is 0 Å². The Morgan fingerprint density at radius 2 is 0.381 bits per heavy atom. The number of phosphoric acid groups is 2. The molecule has 0 saturated heterocycles. The van der Waals surface area contributed by atoms with Crippen LogP contribution in [0.1, 0.15) is 0 Å². The van der Waals surface area contributed by atoms with E-state index in [1.807, 2.05) is 0 Å². The van der Waals surface area contributed by atoms with E-state index in [0.717, 1.165) is 0 Å². The second kappa shape index (κ2) is 49.6. The van der Waals surface area contributed by atoms with E-state index < -0.39 is 15.6 Å². The third-order valence-electron chi connectivity index (χ3n) is 0. The van der Waals surface area contributed by atoms with E-state index in [1.54, 1.807) is 0 Å². The maximum atomic E-state index is 8.55. The summed E-state index contributed by atoms with van der Waals surface area (Å²) in [4.78, 5) is 51.3. The summed E-state index contributed by atoms with van der Waals surface area (Å²) in [6.07, 6.45) is 0. The Morgan fingerprint density at radius 1 is 0.381 bits per heavy atom. The van der Waals surface area contributed by atoms with Crippen molar-refractivity contribution >= 4 is 15.6 Å². The Kier molecular flexibility index (Phi) is 273. The van der Waals surface area contributed by atoms with Crippen LogP contribution in [0.25, 0.3) is 0 Å². The molecule has 0 rings (SSSR count). The van der Waals surface area contributed by atoms with Gasteiger partial charge in [0.25, 0.3) is 0 Å². The van der Waals surface area contributed by atoms with E-state index in [0.29, 0.717) is 0 Å². The van der Waals surface area contributed by atoms with Crippen molar-refractivity contribution in [2.24, 2.45) is 0 Å². The Labute approximate surface area is 149 Å². The van der Waals surface area contributed by atoms with Gasteiger partial charge in [0.2, 0.25) is 0 Å². The Balaban J connectivity index is -0.00000000364. The standard InChI is InChI=1S/3Fe.2H3O4P.8H2O/c;;;2*1-5(2,3)4;;;;;;;;/h;;;2*(H3,1,2,3,4);8*1H2/q3*+2;;;;;;;;;;/p-6. The molecule has 0 aliphatic rings. The molecule has 0 amide bonds. The molecule has 0 aromatic carbocycles. The molecule has 0 aromatic rings. The molecule has 16 nitrogen and oxygen atoms in total. The third-order valence-corrected chi connectivity index (χ3v) is 0. The minimum atomic E-state index is -5.39. The molecule has 0 aliphatic heterocycles. The molecular formula is H16Fe3O16P2. The van der Waals surface area contributed by atoms with Crippen LogP contribution in [0.5, 0.6) is 0 Å². The average Bonchev–Trinajstić information content (AvgIpc) is 1.12. The summed E-state index contributed by atoms with van der Waals surface area (Å²) in [5, 5.41) is 0. The smallest absolute Gasteiger partial charge is 0.822 e. The molecule has 0 aromatic heterocycles. The van der Waals surface area contributed by atoms with E-state index in [9.17, 15) is 0 Å². The normalized spacial score (nSPS) is 5.62. The summed E-state index contributed by atoms with van der Waals surface area (Å²) in [6, 6.07) is 0. The molecule has 0 radical (unpaired) electrons. The molecule has 0 unspecified atom stereocenters. The molecule has 0 heterocycles. The van der Waals surface area contributed by atoms with Crippen molar-refractivity contribution in [3.05, 3.63) is 0 Å². The van der Waals surface area contributed by atoms with Gasteiger partial charge in [0.1, 0.15) is 0 Å². The first-order valence-electron chi connectivity index (χ1n) is 1.46. The zero-order valence-electron chi connectivity index (χ0n) is 9.22. The van der Waals surface area contributed by atoms with Crippen LogP contribution in [0, 0.1) is 0 Å². The Bertz CT molecular complexity index is 134. The van der Waals surface area contributed by atoms with E-state index >= 15 is 0 Å². The van der Waals surface area contributed by atoms with Gasteiger partial charge in [0.05, 0.1) is 0 Å². The summed E-state index contributed by atoms with van der Waals surface area (Å²) in [7, 11) is -10.8. The van der Waals surface area contributed by atoms with Gasteiger partial charge in [0.15, 0.2) is 0 Å². The van der Waals surface area contributed by atoms with Gasteiger partial charge < -0.3 is 82.3 Å². The van der Waals surface area contributed by atoms with Crippen molar-refractivity contribution in [3.63, 3.8) is 0 Å². The molecular weight excluding hydrogens is 485 g/mol. The molecule has 0 saturated carbocycles. The van der Waals surface area contributed by atoms with Crippen LogP contribution in [-0.4, -0.2) is 43.8 Å². The summed E-state index contributed by atoms with van der Waals surface area (Å²) in [5.41, 5.74) is 0. The summed E-state index contributed by atoms with van der Waals surface area (Å²) >= 11 is 0. The topological polar surface area (TPSA) is 424 Å². The number of rotatable bonds is 0. The van der Waals surface area contributed by atoms with Gasteiger partial charge in [-0.25, -0.2) is 0 Å². The van der Waals surface area contributed by atoms with Crippen LogP contribution in [0.15, 0.2) is 0 Å². The predicted octanol–water partition coefficient (Wildman–Crippen LogP) is -12.3. The zero-order chi connectivity index (χ0) is 9.00. The SMILES string of the molecule is O.O.O.O.O.O.O.O.O=P([O-])([O-])[O-].O=P([O-])([O-])[O-].[Fe+2].[Fe+2].[Fe+2]. The maximum absolute atomic E-state index is 8.55. The van der Waals surface area contributed by atoms with E-state index in [1.165, 1.54) is 0 Å². The molecule has 0 atom stereocenters. The molecule has 21 heavy (non-hydrogen) atoms. The molecule has 0 bridgehead atoms. The van der Waals surface area contributed by atoms with Crippen LogP contribution in [0.2, 0.25) is 0 Å². The maximum Gasteiger partial charge on any atom is 2.00 e. The quantitative estimate of drug-likeness (QED) is 0.226. The second-order valence-electron chi connectivity index (χ2n) is 0.894. The first-order valence-corrected chi connectivity index (χ1v) is 4.38. The first kappa shape index (κ1) is 116. The van der Waals surface area contributed by atoms with Crippen LogP contribution >= 0.6 is 15.6 Å². The van der Waals surface area contributed by atoms with Crippen LogP contribution in [-0.2, 0) is 60.3 Å². The second-order valence-corrected chi connectivity index (χ2v) is 2.68. The summed E-state index contributed by atoms with van der Waals surface area (Å²) in [5.74, 6) is 0. The predicted molar refractivity (Wildman–Crippen MR) is 44.1 cm³/mol. The average molecular weight is 502 g/mol. The van der Waals surface area contributed by atoms with Gasteiger partial charge in [-0.2, -0.15) is 15.6 Å². The third kappa shape index (κ3) is 3820. The molecule has 0 fully saturated rings. The Morgan fingerprint density at radius 3 is 0.381 bits per heavy atom. The van der Waals surface area contributed by atoms with Gasteiger partial charge in [0, 0.05) is 0 Å². The zero-order valence-corrected chi connectivity index (χ0v) is 14.3. The van der Waals surface area contributed by atoms with Crippen LogP contribution in [0.3, 0.4) is 0 Å². The summed E-state index contributed by atoms with van der Waals surface area (Å²) in [6.45, 7) is 0. The monoisotopic (exact) mass is 502 g/mol. The fourth-order valence-electron chi connectivity index (χ4n) is 0. The van der Waals surface area contributed by atoms with Crippen LogP contribution < -0.4 is 29.4 Å². The van der Waals surface area contributed by atoms with E-state index in [-0.39, 0.29) is 95.0 Å². The summed E-state index contributed by atoms with van der Waals surface area (Å²) < 4.78 is 17.1. The van der Waals surface area contributed by atoms with Crippen LogP contribution in [0.4, 0.5) is 0 Å². The Hall–Kier alpha value is 1.46.